The summed E-state index contributed by atoms with van der Waals surface area (Å²) < 4.78 is 0. The van der Waals surface area contributed by atoms with Crippen LogP contribution in [-0.2, 0) is 0 Å². The number of hydrogen-bond donors (Lipinski definition) is 0. The summed E-state index contributed by atoms with van der Waals surface area (Å²) in [6.45, 7) is 7.14. The smallest absolute Gasteiger partial charge is 0.0299 e. The summed E-state index contributed by atoms with van der Waals surface area (Å²) in [4.78, 5) is 4.98. The summed E-state index contributed by atoms with van der Waals surface area (Å²) in [7, 11) is 2.23. The molecule has 0 aromatic heterocycles. The molecule has 1 aliphatic carbocycles. The highest BCUT2D eigenvalue weighted by Gasteiger charge is 2.24. The number of hydrogen-bond acceptors (Lipinski definition) is 2. The third kappa shape index (κ3) is 1.24. The third-order valence-electron chi connectivity index (χ3n) is 3.15. The molecule has 0 bridgehead atoms. The Morgan fingerprint density at radius 1 is 1.25 bits per heavy atom. The van der Waals surface area contributed by atoms with Gasteiger partial charge in [0.25, 0.3) is 0 Å². The lowest BCUT2D eigenvalue weighted by Crippen LogP contribution is -2.29. The van der Waals surface area contributed by atoms with E-state index in [2.05, 4.69) is 23.8 Å². The zero-order valence-corrected chi connectivity index (χ0v) is 8.14. The molecule has 2 heteroatoms. The van der Waals surface area contributed by atoms with Crippen LogP contribution >= 0.6 is 0 Å². The maximum absolute atomic E-state index is 2.54. The van der Waals surface area contributed by atoms with E-state index in [0.29, 0.717) is 0 Å². The van der Waals surface area contributed by atoms with E-state index in [9.17, 15) is 0 Å². The largest absolute Gasteiger partial charge is 0.377 e. The molecule has 0 fully saturated rings. The quantitative estimate of drug-likeness (QED) is 0.579. The number of likely N-dealkylation sites (N-methyl/N-ethyl adjacent to an activating group) is 2. The molecule has 0 amide bonds. The Balaban J connectivity index is 2.09. The van der Waals surface area contributed by atoms with Crippen LogP contribution in [0.5, 0.6) is 0 Å². The lowest BCUT2D eigenvalue weighted by atomic mass is 9.93. The van der Waals surface area contributed by atoms with Crippen molar-refractivity contribution in [2.45, 2.75) is 19.8 Å². The van der Waals surface area contributed by atoms with Crippen molar-refractivity contribution in [2.24, 2.45) is 0 Å². The predicted octanol–water partition coefficient (Wildman–Crippen LogP) is 1.30. The van der Waals surface area contributed by atoms with Gasteiger partial charge in [-0.1, -0.05) is 6.92 Å². The van der Waals surface area contributed by atoms with Crippen LogP contribution in [0.1, 0.15) is 19.8 Å². The Labute approximate surface area is 74.8 Å². The first-order valence-electron chi connectivity index (χ1n) is 4.95. The van der Waals surface area contributed by atoms with Crippen LogP contribution in [0, 0.1) is 0 Å². The summed E-state index contributed by atoms with van der Waals surface area (Å²) in [6, 6.07) is 0. The van der Waals surface area contributed by atoms with Crippen LogP contribution in [0.2, 0.25) is 0 Å². The van der Waals surface area contributed by atoms with Crippen LogP contribution in [-0.4, -0.2) is 43.0 Å². The summed E-state index contributed by atoms with van der Waals surface area (Å²) in [5.74, 6) is 0. The standard InChI is InChI=1S/C10H18N2/c1-3-12-7-6-11(2)10-5-4-9(10)8-12/h3-8H2,1-2H3. The normalized spacial score (nSPS) is 25.0. The minimum atomic E-state index is 1.20. The molecule has 2 aliphatic rings. The van der Waals surface area contributed by atoms with E-state index in [0.717, 1.165) is 0 Å². The molecule has 1 heterocycles. The fourth-order valence-corrected chi connectivity index (χ4v) is 2.09. The predicted molar refractivity (Wildman–Crippen MR) is 51.0 cm³/mol. The van der Waals surface area contributed by atoms with E-state index in [1.54, 1.807) is 11.3 Å². The van der Waals surface area contributed by atoms with Crippen LogP contribution in [0.3, 0.4) is 0 Å². The van der Waals surface area contributed by atoms with E-state index >= 15 is 0 Å². The Morgan fingerprint density at radius 3 is 2.67 bits per heavy atom. The number of allylic oxidation sites excluding steroid dienone is 1. The first-order chi connectivity index (χ1) is 5.81. The topological polar surface area (TPSA) is 6.48 Å². The molecule has 1 aliphatic heterocycles. The molecule has 0 saturated heterocycles. The lowest BCUT2D eigenvalue weighted by Gasteiger charge is -2.29. The van der Waals surface area contributed by atoms with Crippen molar-refractivity contribution >= 4 is 0 Å². The Bertz CT molecular complexity index is 208. The van der Waals surface area contributed by atoms with Gasteiger partial charge in [-0.15, -0.1) is 0 Å². The van der Waals surface area contributed by atoms with Crippen LogP contribution in [0.15, 0.2) is 11.3 Å². The molecule has 0 aromatic rings. The first kappa shape index (κ1) is 8.11. The van der Waals surface area contributed by atoms with Crippen molar-refractivity contribution in [3.63, 3.8) is 0 Å². The van der Waals surface area contributed by atoms with Crippen molar-refractivity contribution in [3.8, 4) is 0 Å². The van der Waals surface area contributed by atoms with Gasteiger partial charge in [0.1, 0.15) is 0 Å². The van der Waals surface area contributed by atoms with Crippen molar-refractivity contribution in [1.82, 2.24) is 9.80 Å². The Hall–Kier alpha value is -0.500. The molecule has 2 nitrogen and oxygen atoms in total. The van der Waals surface area contributed by atoms with Gasteiger partial charge in [0, 0.05) is 32.4 Å². The van der Waals surface area contributed by atoms with E-state index in [1.807, 2.05) is 0 Å². The zero-order valence-electron chi connectivity index (χ0n) is 8.14. The van der Waals surface area contributed by atoms with Gasteiger partial charge < -0.3 is 4.90 Å². The third-order valence-corrected chi connectivity index (χ3v) is 3.15. The summed E-state index contributed by atoms with van der Waals surface area (Å²) >= 11 is 0. The highest BCUT2D eigenvalue weighted by atomic mass is 15.2. The molecule has 0 atom stereocenters. The number of nitrogens with zero attached hydrogens (tertiary/aromatic N) is 2. The lowest BCUT2D eigenvalue weighted by molar-refractivity contribution is 0.293. The molecule has 0 aromatic carbocycles. The average molecular weight is 166 g/mol. The molecule has 2 rings (SSSR count). The molecule has 0 saturated carbocycles. The minimum Gasteiger partial charge on any atom is -0.377 e. The molecule has 0 radical (unpaired) electrons. The van der Waals surface area contributed by atoms with E-state index in [-0.39, 0.29) is 0 Å². The molecule has 12 heavy (non-hydrogen) atoms. The summed E-state index contributed by atoms with van der Waals surface area (Å²) in [5.41, 5.74) is 3.32. The molecule has 0 N–H and O–H groups in total. The molecular formula is C10H18N2. The van der Waals surface area contributed by atoms with Crippen LogP contribution in [0.4, 0.5) is 0 Å². The summed E-state index contributed by atoms with van der Waals surface area (Å²) in [5, 5.41) is 0. The van der Waals surface area contributed by atoms with Gasteiger partial charge in [0.05, 0.1) is 0 Å². The van der Waals surface area contributed by atoms with Crippen molar-refractivity contribution < 1.29 is 0 Å². The van der Waals surface area contributed by atoms with Gasteiger partial charge in [-0.3, -0.25) is 4.90 Å². The van der Waals surface area contributed by atoms with Gasteiger partial charge in [-0.05, 0) is 25.0 Å². The van der Waals surface area contributed by atoms with E-state index in [1.165, 1.54) is 39.0 Å². The Kier molecular flexibility index (Phi) is 2.09. The second kappa shape index (κ2) is 3.09. The van der Waals surface area contributed by atoms with Gasteiger partial charge in [-0.2, -0.15) is 0 Å². The van der Waals surface area contributed by atoms with Gasteiger partial charge >= 0.3 is 0 Å². The average Bonchev–Trinajstić information content (AvgIpc) is 2.11. The molecule has 0 spiro atoms. The SMILES string of the molecule is CCN1CCN(C)C2=C(CC2)C1. The van der Waals surface area contributed by atoms with Gasteiger partial charge in [0.2, 0.25) is 0 Å². The van der Waals surface area contributed by atoms with Crippen LogP contribution in [0.25, 0.3) is 0 Å². The van der Waals surface area contributed by atoms with E-state index < -0.39 is 0 Å². The molecule has 0 unspecified atom stereocenters. The van der Waals surface area contributed by atoms with E-state index in [4.69, 9.17) is 0 Å². The first-order valence-corrected chi connectivity index (χ1v) is 4.95. The highest BCUT2D eigenvalue weighted by Crippen LogP contribution is 2.31. The second-order valence-electron chi connectivity index (χ2n) is 3.84. The van der Waals surface area contributed by atoms with Crippen molar-refractivity contribution in [3.05, 3.63) is 11.3 Å². The Morgan fingerprint density at radius 2 is 2.08 bits per heavy atom. The molecular weight excluding hydrogens is 148 g/mol. The van der Waals surface area contributed by atoms with Gasteiger partial charge in [-0.25, -0.2) is 0 Å². The minimum absolute atomic E-state index is 1.20. The zero-order chi connectivity index (χ0) is 8.55. The van der Waals surface area contributed by atoms with Crippen molar-refractivity contribution in [1.29, 1.82) is 0 Å². The maximum Gasteiger partial charge on any atom is 0.0299 e. The van der Waals surface area contributed by atoms with Crippen LogP contribution < -0.4 is 0 Å². The highest BCUT2D eigenvalue weighted by molar-refractivity contribution is 5.25. The summed E-state index contributed by atoms with van der Waals surface area (Å²) in [6.07, 6.45) is 2.67. The van der Waals surface area contributed by atoms with Gasteiger partial charge in [0.15, 0.2) is 0 Å². The second-order valence-corrected chi connectivity index (χ2v) is 3.84. The monoisotopic (exact) mass is 166 g/mol. The molecule has 68 valence electrons. The van der Waals surface area contributed by atoms with Crippen molar-refractivity contribution in [2.75, 3.05) is 33.2 Å². The maximum atomic E-state index is 2.54. The fraction of sp³-hybridized carbons (Fsp3) is 0.800. The fourth-order valence-electron chi connectivity index (χ4n) is 2.09. The number of rotatable bonds is 1.